The SMILES string of the molecule is CNC(=O)c1cc(Oc2ccccc2[N+](=O)[O-])ccn1. The second kappa shape index (κ2) is 5.79. The Morgan fingerprint density at radius 3 is 2.80 bits per heavy atom. The molecule has 0 aliphatic rings. The molecule has 102 valence electrons. The number of benzene rings is 1. The van der Waals surface area contributed by atoms with Crippen molar-refractivity contribution in [3.05, 3.63) is 58.4 Å². The second-order valence-corrected chi connectivity index (χ2v) is 3.78. The summed E-state index contributed by atoms with van der Waals surface area (Å²) >= 11 is 0. The van der Waals surface area contributed by atoms with Crippen LogP contribution in [0.2, 0.25) is 0 Å². The van der Waals surface area contributed by atoms with Crippen molar-refractivity contribution in [3.63, 3.8) is 0 Å². The highest BCUT2D eigenvalue weighted by atomic mass is 16.6. The van der Waals surface area contributed by atoms with Gasteiger partial charge in [0.25, 0.3) is 5.91 Å². The Morgan fingerprint density at radius 1 is 1.35 bits per heavy atom. The zero-order valence-electron chi connectivity index (χ0n) is 10.6. The molecule has 0 radical (unpaired) electrons. The Balaban J connectivity index is 2.31. The van der Waals surface area contributed by atoms with E-state index in [1.165, 1.54) is 37.5 Å². The number of nitro groups is 1. The van der Waals surface area contributed by atoms with E-state index in [0.29, 0.717) is 5.75 Å². The van der Waals surface area contributed by atoms with Gasteiger partial charge in [0, 0.05) is 25.4 Å². The first kappa shape index (κ1) is 13.5. The summed E-state index contributed by atoms with van der Waals surface area (Å²) in [5, 5.41) is 13.3. The molecule has 1 aromatic heterocycles. The van der Waals surface area contributed by atoms with Crippen LogP contribution in [0.25, 0.3) is 0 Å². The molecule has 1 N–H and O–H groups in total. The van der Waals surface area contributed by atoms with Gasteiger partial charge >= 0.3 is 5.69 Å². The lowest BCUT2D eigenvalue weighted by Crippen LogP contribution is -2.18. The van der Waals surface area contributed by atoms with Crippen LogP contribution in [-0.4, -0.2) is 22.9 Å². The zero-order valence-corrected chi connectivity index (χ0v) is 10.6. The van der Waals surface area contributed by atoms with E-state index in [4.69, 9.17) is 4.74 Å². The lowest BCUT2D eigenvalue weighted by Gasteiger charge is -2.07. The molecule has 0 unspecified atom stereocenters. The largest absolute Gasteiger partial charge is 0.450 e. The second-order valence-electron chi connectivity index (χ2n) is 3.78. The van der Waals surface area contributed by atoms with Crippen molar-refractivity contribution < 1.29 is 14.5 Å². The number of aromatic nitrogens is 1. The summed E-state index contributed by atoms with van der Waals surface area (Å²) in [5.41, 5.74) is 0.0226. The molecule has 20 heavy (non-hydrogen) atoms. The van der Waals surface area contributed by atoms with E-state index in [0.717, 1.165) is 0 Å². The summed E-state index contributed by atoms with van der Waals surface area (Å²) < 4.78 is 5.44. The average molecular weight is 273 g/mol. The maximum Gasteiger partial charge on any atom is 0.311 e. The first-order chi connectivity index (χ1) is 9.61. The standard InChI is InChI=1S/C13H11N3O4/c1-14-13(17)10-8-9(6-7-15-10)20-12-5-3-2-4-11(12)16(18)19/h2-8H,1H3,(H,14,17). The van der Waals surface area contributed by atoms with Gasteiger partial charge in [-0.1, -0.05) is 12.1 Å². The van der Waals surface area contributed by atoms with Gasteiger partial charge in [0.1, 0.15) is 11.4 Å². The van der Waals surface area contributed by atoms with E-state index in [-0.39, 0.29) is 23.0 Å². The molecule has 2 rings (SSSR count). The quantitative estimate of drug-likeness (QED) is 0.680. The predicted molar refractivity (Wildman–Crippen MR) is 70.8 cm³/mol. The average Bonchev–Trinajstić information content (AvgIpc) is 2.47. The van der Waals surface area contributed by atoms with Crippen LogP contribution in [0.15, 0.2) is 42.6 Å². The highest BCUT2D eigenvalue weighted by Gasteiger charge is 2.15. The number of carbonyl (C=O) groups is 1. The predicted octanol–water partition coefficient (Wildman–Crippen LogP) is 2.14. The number of nitro benzene ring substituents is 1. The summed E-state index contributed by atoms with van der Waals surface area (Å²) in [6.07, 6.45) is 1.40. The van der Waals surface area contributed by atoms with Gasteiger partial charge < -0.3 is 10.1 Å². The van der Waals surface area contributed by atoms with Gasteiger partial charge in [-0.25, -0.2) is 0 Å². The van der Waals surface area contributed by atoms with Crippen LogP contribution >= 0.6 is 0 Å². The lowest BCUT2D eigenvalue weighted by atomic mass is 10.3. The smallest absolute Gasteiger partial charge is 0.311 e. The Labute approximate surface area is 114 Å². The number of hydrogen-bond donors (Lipinski definition) is 1. The fraction of sp³-hybridized carbons (Fsp3) is 0.0769. The molecule has 0 saturated heterocycles. The van der Waals surface area contributed by atoms with Crippen LogP contribution in [0.3, 0.4) is 0 Å². The van der Waals surface area contributed by atoms with Crippen LogP contribution in [0.4, 0.5) is 5.69 Å². The molecule has 0 bridgehead atoms. The van der Waals surface area contributed by atoms with Crippen molar-refractivity contribution in [3.8, 4) is 11.5 Å². The van der Waals surface area contributed by atoms with E-state index in [2.05, 4.69) is 10.3 Å². The minimum atomic E-state index is -0.532. The highest BCUT2D eigenvalue weighted by Crippen LogP contribution is 2.30. The number of ether oxygens (including phenoxy) is 1. The number of amides is 1. The molecule has 7 nitrogen and oxygen atoms in total. The lowest BCUT2D eigenvalue weighted by molar-refractivity contribution is -0.385. The number of rotatable bonds is 4. The highest BCUT2D eigenvalue weighted by molar-refractivity contribution is 5.92. The number of para-hydroxylation sites is 2. The Hall–Kier alpha value is -2.96. The van der Waals surface area contributed by atoms with Crippen molar-refractivity contribution in [2.45, 2.75) is 0 Å². The fourth-order valence-corrected chi connectivity index (χ4v) is 1.55. The molecule has 1 heterocycles. The molecular formula is C13H11N3O4. The van der Waals surface area contributed by atoms with Crippen LogP contribution < -0.4 is 10.1 Å². The maximum atomic E-state index is 11.5. The Bertz CT molecular complexity index is 658. The molecule has 0 spiro atoms. The number of hydrogen-bond acceptors (Lipinski definition) is 5. The number of pyridine rings is 1. The van der Waals surface area contributed by atoms with Gasteiger partial charge in [-0.05, 0) is 12.1 Å². The minimum Gasteiger partial charge on any atom is -0.450 e. The molecule has 1 aromatic carbocycles. The van der Waals surface area contributed by atoms with E-state index >= 15 is 0 Å². The summed E-state index contributed by atoms with van der Waals surface area (Å²) in [4.78, 5) is 25.7. The van der Waals surface area contributed by atoms with E-state index < -0.39 is 4.92 Å². The zero-order chi connectivity index (χ0) is 14.5. The topological polar surface area (TPSA) is 94.4 Å². The third-order valence-corrected chi connectivity index (χ3v) is 2.48. The third-order valence-electron chi connectivity index (χ3n) is 2.48. The van der Waals surface area contributed by atoms with Crippen LogP contribution in [0.1, 0.15) is 10.5 Å². The van der Waals surface area contributed by atoms with Gasteiger partial charge in [-0.3, -0.25) is 19.9 Å². The number of nitrogens with zero attached hydrogens (tertiary/aromatic N) is 2. The van der Waals surface area contributed by atoms with E-state index in [9.17, 15) is 14.9 Å². The van der Waals surface area contributed by atoms with Crippen LogP contribution in [-0.2, 0) is 0 Å². The molecule has 2 aromatic rings. The Morgan fingerprint density at radius 2 is 2.10 bits per heavy atom. The number of nitrogens with one attached hydrogen (secondary N) is 1. The van der Waals surface area contributed by atoms with Crippen molar-refractivity contribution in [2.24, 2.45) is 0 Å². The molecule has 0 aliphatic carbocycles. The fourth-order valence-electron chi connectivity index (χ4n) is 1.55. The minimum absolute atomic E-state index is 0.103. The van der Waals surface area contributed by atoms with Crippen molar-refractivity contribution in [1.29, 1.82) is 0 Å². The molecule has 0 atom stereocenters. The maximum absolute atomic E-state index is 11.5. The monoisotopic (exact) mass is 273 g/mol. The van der Waals surface area contributed by atoms with Gasteiger partial charge in [-0.15, -0.1) is 0 Å². The normalized spacial score (nSPS) is 9.85. The van der Waals surface area contributed by atoms with Crippen molar-refractivity contribution in [1.82, 2.24) is 10.3 Å². The van der Waals surface area contributed by atoms with Crippen LogP contribution in [0, 0.1) is 10.1 Å². The molecule has 7 heteroatoms. The molecule has 0 fully saturated rings. The molecule has 1 amide bonds. The Kier molecular flexibility index (Phi) is 3.90. The van der Waals surface area contributed by atoms with Crippen molar-refractivity contribution >= 4 is 11.6 Å². The van der Waals surface area contributed by atoms with E-state index in [1.54, 1.807) is 12.1 Å². The molecule has 0 aliphatic heterocycles. The first-order valence-corrected chi connectivity index (χ1v) is 5.71. The first-order valence-electron chi connectivity index (χ1n) is 5.71. The van der Waals surface area contributed by atoms with E-state index in [1.807, 2.05) is 0 Å². The van der Waals surface area contributed by atoms with Gasteiger partial charge in [0.2, 0.25) is 5.75 Å². The summed E-state index contributed by atoms with van der Waals surface area (Å²) in [6, 6.07) is 8.93. The summed E-state index contributed by atoms with van der Waals surface area (Å²) in [6.45, 7) is 0. The van der Waals surface area contributed by atoms with Crippen LogP contribution in [0.5, 0.6) is 11.5 Å². The summed E-state index contributed by atoms with van der Waals surface area (Å²) in [7, 11) is 1.49. The van der Waals surface area contributed by atoms with Gasteiger partial charge in [-0.2, -0.15) is 0 Å². The number of carbonyl (C=O) groups excluding carboxylic acids is 1. The van der Waals surface area contributed by atoms with Gasteiger partial charge in [0.05, 0.1) is 4.92 Å². The third kappa shape index (κ3) is 2.89. The summed E-state index contributed by atoms with van der Waals surface area (Å²) in [5.74, 6) is 0.0393. The molecule has 0 saturated carbocycles. The van der Waals surface area contributed by atoms with Crippen molar-refractivity contribution in [2.75, 3.05) is 7.05 Å². The van der Waals surface area contributed by atoms with Gasteiger partial charge in [0.15, 0.2) is 0 Å². The molecular weight excluding hydrogens is 262 g/mol.